The Labute approximate surface area is 213 Å². The summed E-state index contributed by atoms with van der Waals surface area (Å²) in [7, 11) is 4.61. The molecule has 0 radical (unpaired) electrons. The van der Waals surface area contributed by atoms with E-state index in [1.807, 2.05) is 32.0 Å². The second-order valence-electron chi connectivity index (χ2n) is 9.78. The molecule has 1 unspecified atom stereocenters. The van der Waals surface area contributed by atoms with Gasteiger partial charge in [0.25, 0.3) is 5.91 Å². The number of rotatable bonds is 8. The Morgan fingerprint density at radius 1 is 0.944 bits per heavy atom. The maximum absolute atomic E-state index is 13.2. The van der Waals surface area contributed by atoms with Gasteiger partial charge in [-0.2, -0.15) is 0 Å². The van der Waals surface area contributed by atoms with E-state index in [-0.39, 0.29) is 29.9 Å². The number of piperidine rings is 2. The lowest BCUT2D eigenvalue weighted by molar-refractivity contribution is -0.120. The summed E-state index contributed by atoms with van der Waals surface area (Å²) < 4.78 is 16.2. The van der Waals surface area contributed by atoms with Crippen molar-refractivity contribution < 1.29 is 23.8 Å². The molecule has 2 aromatic rings. The Morgan fingerprint density at radius 3 is 2.06 bits per heavy atom. The van der Waals surface area contributed by atoms with Crippen LogP contribution >= 0.6 is 0 Å². The zero-order valence-electron chi connectivity index (χ0n) is 21.8. The summed E-state index contributed by atoms with van der Waals surface area (Å²) in [4.78, 5) is 28.5. The van der Waals surface area contributed by atoms with Gasteiger partial charge in [0.1, 0.15) is 0 Å². The topological polar surface area (TPSA) is 89.1 Å². The van der Waals surface area contributed by atoms with Crippen molar-refractivity contribution >= 4 is 17.5 Å². The molecule has 0 aliphatic carbocycles. The molecule has 8 nitrogen and oxygen atoms in total. The first-order chi connectivity index (χ1) is 17.3. The molecule has 2 aliphatic rings. The SMILES string of the molecule is COc1cc(C(=O)NC2C[C@H]3CCC[C@@H](C2)N3CC(=O)Nc2c(C)cccc2C)cc(OC)c1OC. The van der Waals surface area contributed by atoms with Gasteiger partial charge in [0.15, 0.2) is 11.5 Å². The third-order valence-electron chi connectivity index (χ3n) is 7.46. The molecule has 8 heteroatoms. The van der Waals surface area contributed by atoms with Crippen molar-refractivity contribution in [3.05, 3.63) is 47.0 Å². The van der Waals surface area contributed by atoms with Crippen molar-refractivity contribution in [1.29, 1.82) is 0 Å². The zero-order valence-corrected chi connectivity index (χ0v) is 21.8. The molecule has 0 spiro atoms. The van der Waals surface area contributed by atoms with E-state index < -0.39 is 0 Å². The number of hydrogen-bond donors (Lipinski definition) is 2. The molecule has 2 saturated heterocycles. The number of carbonyl (C=O) groups excluding carboxylic acids is 2. The van der Waals surface area contributed by atoms with Gasteiger partial charge in [0.2, 0.25) is 11.7 Å². The van der Waals surface area contributed by atoms with Gasteiger partial charge in [-0.1, -0.05) is 24.6 Å². The number of ether oxygens (including phenoxy) is 3. The largest absolute Gasteiger partial charge is 0.493 e. The molecule has 0 saturated carbocycles. The molecule has 2 bridgehead atoms. The Hall–Kier alpha value is -3.26. The summed E-state index contributed by atoms with van der Waals surface area (Å²) in [5, 5.41) is 6.34. The first-order valence-electron chi connectivity index (χ1n) is 12.6. The molecule has 2 N–H and O–H groups in total. The van der Waals surface area contributed by atoms with Crippen molar-refractivity contribution in [1.82, 2.24) is 10.2 Å². The predicted octanol–water partition coefficient (Wildman–Crippen LogP) is 4.08. The van der Waals surface area contributed by atoms with Crippen LogP contribution in [0.1, 0.15) is 53.6 Å². The molecule has 36 heavy (non-hydrogen) atoms. The summed E-state index contributed by atoms with van der Waals surface area (Å²) in [5.74, 6) is 1.20. The van der Waals surface area contributed by atoms with Gasteiger partial charge in [-0.05, 0) is 62.8 Å². The number of nitrogens with one attached hydrogen (secondary N) is 2. The quantitative estimate of drug-likeness (QED) is 0.574. The molecular weight excluding hydrogens is 458 g/mol. The molecule has 2 fully saturated rings. The summed E-state index contributed by atoms with van der Waals surface area (Å²) >= 11 is 0. The zero-order chi connectivity index (χ0) is 25.8. The fraction of sp³-hybridized carbons (Fsp3) is 0.500. The van der Waals surface area contributed by atoms with Crippen LogP contribution in [0.25, 0.3) is 0 Å². The third-order valence-corrected chi connectivity index (χ3v) is 7.46. The van der Waals surface area contributed by atoms with E-state index in [0.717, 1.165) is 48.9 Å². The highest BCUT2D eigenvalue weighted by Crippen LogP contribution is 2.39. The van der Waals surface area contributed by atoms with Gasteiger partial charge >= 0.3 is 0 Å². The maximum Gasteiger partial charge on any atom is 0.251 e. The van der Waals surface area contributed by atoms with Crippen LogP contribution < -0.4 is 24.8 Å². The van der Waals surface area contributed by atoms with Crippen LogP contribution in [0.4, 0.5) is 5.69 Å². The van der Waals surface area contributed by atoms with Crippen molar-refractivity contribution in [3.63, 3.8) is 0 Å². The summed E-state index contributed by atoms with van der Waals surface area (Å²) in [6.07, 6.45) is 4.86. The summed E-state index contributed by atoms with van der Waals surface area (Å²) in [6.45, 7) is 4.40. The number of fused-ring (bicyclic) bond motifs is 2. The predicted molar refractivity (Wildman–Crippen MR) is 139 cm³/mol. The highest BCUT2D eigenvalue weighted by atomic mass is 16.5. The van der Waals surface area contributed by atoms with E-state index in [1.165, 1.54) is 21.3 Å². The van der Waals surface area contributed by atoms with Crippen LogP contribution in [0.15, 0.2) is 30.3 Å². The van der Waals surface area contributed by atoms with E-state index in [4.69, 9.17) is 14.2 Å². The molecule has 3 atom stereocenters. The fourth-order valence-corrected chi connectivity index (χ4v) is 5.69. The van der Waals surface area contributed by atoms with Crippen LogP contribution in [0.2, 0.25) is 0 Å². The lowest BCUT2D eigenvalue weighted by Crippen LogP contribution is -2.58. The minimum atomic E-state index is -0.168. The van der Waals surface area contributed by atoms with Crippen molar-refractivity contribution in [2.24, 2.45) is 0 Å². The van der Waals surface area contributed by atoms with Gasteiger partial charge in [-0.15, -0.1) is 0 Å². The van der Waals surface area contributed by atoms with E-state index in [2.05, 4.69) is 15.5 Å². The van der Waals surface area contributed by atoms with Crippen LogP contribution in [0, 0.1) is 13.8 Å². The first kappa shape index (κ1) is 25.8. The number of benzene rings is 2. The average molecular weight is 496 g/mol. The van der Waals surface area contributed by atoms with Crippen molar-refractivity contribution in [3.8, 4) is 17.2 Å². The minimum Gasteiger partial charge on any atom is -0.493 e. The average Bonchev–Trinajstić information content (AvgIpc) is 2.85. The highest BCUT2D eigenvalue weighted by molar-refractivity contribution is 5.96. The normalized spacial score (nSPS) is 21.4. The lowest BCUT2D eigenvalue weighted by atomic mass is 9.81. The van der Waals surface area contributed by atoms with Gasteiger partial charge in [-0.3, -0.25) is 14.5 Å². The lowest BCUT2D eigenvalue weighted by Gasteiger charge is -2.48. The van der Waals surface area contributed by atoms with Gasteiger partial charge in [0, 0.05) is 29.4 Å². The van der Waals surface area contributed by atoms with Crippen LogP contribution in [-0.4, -0.2) is 62.7 Å². The van der Waals surface area contributed by atoms with E-state index in [9.17, 15) is 9.59 Å². The number of methoxy groups -OCH3 is 3. The van der Waals surface area contributed by atoms with Gasteiger partial charge in [-0.25, -0.2) is 0 Å². The molecular formula is C28H37N3O5. The number of nitrogens with zero attached hydrogens (tertiary/aromatic N) is 1. The minimum absolute atomic E-state index is 0.0178. The third kappa shape index (κ3) is 5.43. The Balaban J connectivity index is 1.41. The van der Waals surface area contributed by atoms with Crippen molar-refractivity contribution in [2.75, 3.05) is 33.2 Å². The summed E-state index contributed by atoms with van der Waals surface area (Å²) in [5.41, 5.74) is 3.50. The molecule has 0 aromatic heterocycles. The number of carbonyl (C=O) groups is 2. The molecule has 2 aromatic carbocycles. The van der Waals surface area contributed by atoms with E-state index >= 15 is 0 Å². The van der Waals surface area contributed by atoms with Crippen molar-refractivity contribution in [2.45, 2.75) is 64.1 Å². The second-order valence-corrected chi connectivity index (χ2v) is 9.78. The first-order valence-corrected chi connectivity index (χ1v) is 12.6. The maximum atomic E-state index is 13.2. The van der Waals surface area contributed by atoms with E-state index in [0.29, 0.717) is 29.4 Å². The highest BCUT2D eigenvalue weighted by Gasteiger charge is 2.39. The molecule has 2 aliphatic heterocycles. The number of para-hydroxylation sites is 1. The number of amides is 2. The Bertz CT molecular complexity index is 1060. The summed E-state index contributed by atoms with van der Waals surface area (Å²) in [6, 6.07) is 9.96. The number of aryl methyl sites for hydroxylation is 2. The van der Waals surface area contributed by atoms with Crippen LogP contribution in [-0.2, 0) is 4.79 Å². The molecule has 194 valence electrons. The molecule has 2 heterocycles. The molecule has 4 rings (SSSR count). The second kappa shape index (κ2) is 11.2. The number of hydrogen-bond acceptors (Lipinski definition) is 6. The Kier molecular flexibility index (Phi) is 8.04. The smallest absolute Gasteiger partial charge is 0.251 e. The van der Waals surface area contributed by atoms with Gasteiger partial charge in [0.05, 0.1) is 27.9 Å². The van der Waals surface area contributed by atoms with E-state index in [1.54, 1.807) is 12.1 Å². The van der Waals surface area contributed by atoms with Gasteiger partial charge < -0.3 is 24.8 Å². The van der Waals surface area contributed by atoms with Crippen LogP contribution in [0.3, 0.4) is 0 Å². The Morgan fingerprint density at radius 2 is 1.53 bits per heavy atom. The monoisotopic (exact) mass is 495 g/mol. The number of anilines is 1. The van der Waals surface area contributed by atoms with Crippen LogP contribution in [0.5, 0.6) is 17.2 Å². The fourth-order valence-electron chi connectivity index (χ4n) is 5.69. The standard InChI is InChI=1S/C28H37N3O5/c1-17-8-6-9-18(2)26(17)30-25(32)16-31-21-10-7-11-22(31)15-20(14-21)29-28(33)19-12-23(34-3)27(36-5)24(13-19)35-4/h6,8-9,12-13,20-22H,7,10-11,14-16H2,1-5H3,(H,29,33)(H,30,32)/t20?,21-,22+. The molecule has 2 amide bonds.